The second-order valence-corrected chi connectivity index (χ2v) is 1.65. The van der Waals surface area contributed by atoms with E-state index < -0.39 is 0 Å². The predicted octanol–water partition coefficient (Wildman–Crippen LogP) is 2.23. The highest BCUT2D eigenvalue weighted by Gasteiger charge is 1.86. The molecule has 0 atom stereocenters. The zero-order chi connectivity index (χ0) is 6.69. The molecule has 0 saturated heterocycles. The van der Waals surface area contributed by atoms with Crippen LogP contribution in [-0.2, 0) is 0 Å². The van der Waals surface area contributed by atoms with E-state index in [1.807, 2.05) is 0 Å². The maximum absolute atomic E-state index is 12.2. The Morgan fingerprint density at radius 1 is 1.20 bits per heavy atom. The molecular formula is C8H6ClF. The summed E-state index contributed by atoms with van der Waals surface area (Å²) in [5.41, 5.74) is 0.705. The fourth-order valence-corrected chi connectivity index (χ4v) is 0.546. The summed E-state index contributed by atoms with van der Waals surface area (Å²) >= 11 is 0. The maximum Gasteiger partial charge on any atom is 0.123 e. The van der Waals surface area contributed by atoms with Gasteiger partial charge in [-0.1, -0.05) is 5.92 Å². The fraction of sp³-hybridized carbons (Fsp3) is 0. The number of rotatable bonds is 0. The summed E-state index contributed by atoms with van der Waals surface area (Å²) in [4.78, 5) is 0. The average Bonchev–Trinajstić information content (AvgIpc) is 1.90. The largest absolute Gasteiger partial charge is 0.207 e. The van der Waals surface area contributed by atoms with E-state index in [0.29, 0.717) is 5.56 Å². The van der Waals surface area contributed by atoms with Gasteiger partial charge in [-0.2, -0.15) is 0 Å². The lowest BCUT2D eigenvalue weighted by atomic mass is 10.2. The molecule has 0 unspecified atom stereocenters. The SMILES string of the molecule is C#Cc1ccc(F)cc1.Cl. The molecule has 0 saturated carbocycles. The second-order valence-electron chi connectivity index (χ2n) is 1.65. The maximum atomic E-state index is 12.2. The molecule has 0 spiro atoms. The summed E-state index contributed by atoms with van der Waals surface area (Å²) in [7, 11) is 0. The first-order chi connectivity index (χ1) is 4.33. The zero-order valence-corrected chi connectivity index (χ0v) is 5.99. The van der Waals surface area contributed by atoms with Crippen molar-refractivity contribution in [1.29, 1.82) is 0 Å². The standard InChI is InChI=1S/C8H5F.ClH/c1-2-7-3-5-8(9)6-4-7;/h1,3-6H;1H. The van der Waals surface area contributed by atoms with E-state index in [-0.39, 0.29) is 18.2 Å². The summed E-state index contributed by atoms with van der Waals surface area (Å²) in [6.07, 6.45) is 5.03. The fourth-order valence-electron chi connectivity index (χ4n) is 0.546. The second kappa shape index (κ2) is 3.92. The number of hydrogen-bond donors (Lipinski definition) is 0. The molecule has 0 nitrogen and oxygen atoms in total. The Bertz CT molecular complexity index is 232. The minimum atomic E-state index is -0.256. The first kappa shape index (κ1) is 9.00. The van der Waals surface area contributed by atoms with Gasteiger partial charge in [0.1, 0.15) is 5.82 Å². The van der Waals surface area contributed by atoms with Crippen LogP contribution in [0, 0.1) is 18.2 Å². The molecule has 0 N–H and O–H groups in total. The van der Waals surface area contributed by atoms with Gasteiger partial charge in [0.2, 0.25) is 0 Å². The smallest absolute Gasteiger partial charge is 0.123 e. The summed E-state index contributed by atoms with van der Waals surface area (Å²) in [6, 6.07) is 5.81. The van der Waals surface area contributed by atoms with Crippen molar-refractivity contribution in [3.63, 3.8) is 0 Å². The Kier molecular flexibility index (Phi) is 3.53. The van der Waals surface area contributed by atoms with Crippen molar-refractivity contribution >= 4 is 12.4 Å². The lowest BCUT2D eigenvalue weighted by molar-refractivity contribution is 0.627. The Morgan fingerprint density at radius 3 is 2.10 bits per heavy atom. The van der Waals surface area contributed by atoms with Gasteiger partial charge in [-0.3, -0.25) is 0 Å². The topological polar surface area (TPSA) is 0 Å². The van der Waals surface area contributed by atoms with Crippen LogP contribution in [0.1, 0.15) is 5.56 Å². The quantitative estimate of drug-likeness (QED) is 0.506. The van der Waals surface area contributed by atoms with Gasteiger partial charge in [0.25, 0.3) is 0 Å². The summed E-state index contributed by atoms with van der Waals surface area (Å²) in [6.45, 7) is 0. The molecular weight excluding hydrogens is 151 g/mol. The number of hydrogen-bond acceptors (Lipinski definition) is 0. The summed E-state index contributed by atoms with van der Waals surface area (Å²) in [5.74, 6) is 2.13. The van der Waals surface area contributed by atoms with Crippen LogP contribution in [0.2, 0.25) is 0 Å². The van der Waals surface area contributed by atoms with Crippen LogP contribution >= 0.6 is 12.4 Å². The molecule has 1 aromatic rings. The summed E-state index contributed by atoms with van der Waals surface area (Å²) in [5, 5.41) is 0. The normalized spacial score (nSPS) is 7.60. The van der Waals surface area contributed by atoms with Gasteiger partial charge in [-0.15, -0.1) is 18.8 Å². The van der Waals surface area contributed by atoms with E-state index in [1.54, 1.807) is 12.1 Å². The zero-order valence-electron chi connectivity index (χ0n) is 5.17. The molecule has 10 heavy (non-hydrogen) atoms. The van der Waals surface area contributed by atoms with Crippen LogP contribution in [-0.4, -0.2) is 0 Å². The van der Waals surface area contributed by atoms with Gasteiger partial charge in [0.15, 0.2) is 0 Å². The Labute approximate surface area is 65.5 Å². The Morgan fingerprint density at radius 2 is 1.70 bits per heavy atom. The van der Waals surface area contributed by atoms with E-state index in [1.165, 1.54) is 12.1 Å². The molecule has 0 aliphatic rings. The lowest BCUT2D eigenvalue weighted by Crippen LogP contribution is -1.73. The predicted molar refractivity (Wildman–Crippen MR) is 41.6 cm³/mol. The molecule has 0 aliphatic heterocycles. The first-order valence-corrected chi connectivity index (χ1v) is 2.55. The van der Waals surface area contributed by atoms with Crippen molar-refractivity contribution in [2.75, 3.05) is 0 Å². The minimum absolute atomic E-state index is 0. The van der Waals surface area contributed by atoms with Gasteiger partial charge < -0.3 is 0 Å². The third kappa shape index (κ3) is 2.08. The highest BCUT2D eigenvalue weighted by atomic mass is 35.5. The molecule has 0 fully saturated rings. The molecule has 1 aromatic carbocycles. The lowest BCUT2D eigenvalue weighted by Gasteiger charge is -1.86. The monoisotopic (exact) mass is 156 g/mol. The molecule has 0 aromatic heterocycles. The van der Waals surface area contributed by atoms with Crippen molar-refractivity contribution in [1.82, 2.24) is 0 Å². The molecule has 0 radical (unpaired) electrons. The van der Waals surface area contributed by atoms with Crippen molar-refractivity contribution in [2.24, 2.45) is 0 Å². The van der Waals surface area contributed by atoms with Crippen LogP contribution in [0.4, 0.5) is 4.39 Å². The van der Waals surface area contributed by atoms with Crippen LogP contribution < -0.4 is 0 Å². The number of halogens is 2. The van der Waals surface area contributed by atoms with Crippen LogP contribution in [0.5, 0.6) is 0 Å². The number of benzene rings is 1. The van der Waals surface area contributed by atoms with Gasteiger partial charge in [-0.05, 0) is 24.3 Å². The summed E-state index contributed by atoms with van der Waals surface area (Å²) < 4.78 is 12.2. The third-order valence-corrected chi connectivity index (χ3v) is 1.01. The number of terminal acetylenes is 1. The molecule has 0 heterocycles. The van der Waals surface area contributed by atoms with E-state index in [2.05, 4.69) is 5.92 Å². The highest BCUT2D eigenvalue weighted by Crippen LogP contribution is 1.99. The molecule has 52 valence electrons. The van der Waals surface area contributed by atoms with Crippen molar-refractivity contribution < 1.29 is 4.39 Å². The third-order valence-electron chi connectivity index (χ3n) is 1.01. The van der Waals surface area contributed by atoms with Crippen molar-refractivity contribution in [3.8, 4) is 12.3 Å². The molecule has 0 aliphatic carbocycles. The highest BCUT2D eigenvalue weighted by molar-refractivity contribution is 5.85. The van der Waals surface area contributed by atoms with E-state index in [0.717, 1.165) is 0 Å². The van der Waals surface area contributed by atoms with Gasteiger partial charge in [0.05, 0.1) is 0 Å². The van der Waals surface area contributed by atoms with E-state index in [4.69, 9.17) is 6.42 Å². The Hall–Kier alpha value is -1.00. The van der Waals surface area contributed by atoms with Crippen LogP contribution in [0.25, 0.3) is 0 Å². The van der Waals surface area contributed by atoms with Crippen LogP contribution in [0.3, 0.4) is 0 Å². The molecule has 2 heteroatoms. The minimum Gasteiger partial charge on any atom is -0.207 e. The molecule has 0 bridgehead atoms. The van der Waals surface area contributed by atoms with Crippen molar-refractivity contribution in [2.45, 2.75) is 0 Å². The van der Waals surface area contributed by atoms with E-state index >= 15 is 0 Å². The van der Waals surface area contributed by atoms with Gasteiger partial charge in [0, 0.05) is 5.56 Å². The molecule has 0 amide bonds. The van der Waals surface area contributed by atoms with Gasteiger partial charge in [-0.25, -0.2) is 4.39 Å². The van der Waals surface area contributed by atoms with Crippen molar-refractivity contribution in [3.05, 3.63) is 35.6 Å². The van der Waals surface area contributed by atoms with Gasteiger partial charge >= 0.3 is 0 Å². The van der Waals surface area contributed by atoms with E-state index in [9.17, 15) is 4.39 Å². The van der Waals surface area contributed by atoms with Crippen LogP contribution in [0.15, 0.2) is 24.3 Å². The Balaban J connectivity index is 0.000000810. The average molecular weight is 157 g/mol. The first-order valence-electron chi connectivity index (χ1n) is 2.55. The molecule has 1 rings (SSSR count).